The highest BCUT2D eigenvalue weighted by Crippen LogP contribution is 2.36. The smallest absolute Gasteiger partial charge is 0.325 e. The highest BCUT2D eigenvalue weighted by Gasteiger charge is 2.17. The zero-order valence-electron chi connectivity index (χ0n) is 16.2. The number of unbranched alkanes of at least 4 members (excludes halogenated alkanes) is 11. The van der Waals surface area contributed by atoms with Gasteiger partial charge in [0, 0.05) is 6.66 Å². The minimum Gasteiger partial charge on any atom is -0.387 e. The number of aliphatic hydroxyl groups is 1. The number of hydrogen-bond acceptors (Lipinski definition) is 4. The van der Waals surface area contributed by atoms with Gasteiger partial charge in [-0.15, -0.1) is 0 Å². The van der Waals surface area contributed by atoms with Gasteiger partial charge in [0.1, 0.15) is 0 Å². The van der Waals surface area contributed by atoms with Crippen molar-refractivity contribution in [2.24, 2.45) is 5.73 Å². The van der Waals surface area contributed by atoms with E-state index in [1.807, 2.05) is 6.08 Å². The molecule has 0 saturated carbocycles. The summed E-state index contributed by atoms with van der Waals surface area (Å²) in [6.07, 6.45) is 18.2. The van der Waals surface area contributed by atoms with Crippen LogP contribution < -0.4 is 5.73 Å². The maximum atomic E-state index is 11.0. The lowest BCUT2D eigenvalue weighted by atomic mass is 10.0. The molecule has 6 heteroatoms. The molecule has 0 aliphatic carbocycles. The van der Waals surface area contributed by atoms with Crippen LogP contribution in [0, 0.1) is 0 Å². The van der Waals surface area contributed by atoms with Crippen LogP contribution in [0.4, 0.5) is 0 Å². The molecular weight excluding hydrogens is 337 g/mol. The predicted octanol–water partition coefficient (Wildman–Crippen LogP) is 4.76. The van der Waals surface area contributed by atoms with Crippen molar-refractivity contribution in [3.63, 3.8) is 0 Å². The van der Waals surface area contributed by atoms with Crippen LogP contribution in [0.1, 0.15) is 84.0 Å². The molecule has 0 aliphatic heterocycles. The number of nitrogens with two attached hydrogens (primary N) is 1. The molecule has 0 spiro atoms. The Labute approximate surface area is 154 Å². The first-order chi connectivity index (χ1) is 11.9. The van der Waals surface area contributed by atoms with E-state index in [1.165, 1.54) is 64.2 Å². The molecule has 0 fully saturated rings. The highest BCUT2D eigenvalue weighted by molar-refractivity contribution is 7.51. The Morgan fingerprint density at radius 1 is 1.00 bits per heavy atom. The van der Waals surface area contributed by atoms with E-state index < -0.39 is 19.7 Å². The van der Waals surface area contributed by atoms with E-state index in [9.17, 15) is 9.67 Å². The first-order valence-corrected chi connectivity index (χ1v) is 11.9. The van der Waals surface area contributed by atoms with Gasteiger partial charge < -0.3 is 20.3 Å². The van der Waals surface area contributed by atoms with Crippen LogP contribution in [0.3, 0.4) is 0 Å². The minimum absolute atomic E-state index is 0.131. The standard InChI is InChI=1S/C19H40NO4P/c1-3-4-5-6-7-8-9-10-11-12-13-14-15-16-19(21)18(20)17-24-25(2,22)23/h15-16,18-19,21H,3-14,17,20H2,1-2H3,(H,22,23)/b16-15+/t18-,19+/m1/s1. The van der Waals surface area contributed by atoms with Gasteiger partial charge in [-0.25, -0.2) is 0 Å². The first kappa shape index (κ1) is 24.8. The summed E-state index contributed by atoms with van der Waals surface area (Å²) < 4.78 is 15.7. The van der Waals surface area contributed by atoms with Gasteiger partial charge in [0.05, 0.1) is 18.8 Å². The lowest BCUT2D eigenvalue weighted by molar-refractivity contribution is 0.146. The second kappa shape index (κ2) is 16.0. The van der Waals surface area contributed by atoms with Gasteiger partial charge >= 0.3 is 7.60 Å². The molecule has 4 N–H and O–H groups in total. The molecule has 5 nitrogen and oxygen atoms in total. The Hall–Kier alpha value is -0.190. The summed E-state index contributed by atoms with van der Waals surface area (Å²) >= 11 is 0. The lowest BCUT2D eigenvalue weighted by Gasteiger charge is -2.16. The third kappa shape index (κ3) is 18.4. The maximum absolute atomic E-state index is 11.0. The Morgan fingerprint density at radius 3 is 1.96 bits per heavy atom. The predicted molar refractivity (Wildman–Crippen MR) is 106 cm³/mol. The Balaban J connectivity index is 3.46. The lowest BCUT2D eigenvalue weighted by Crippen LogP contribution is -2.37. The van der Waals surface area contributed by atoms with E-state index >= 15 is 0 Å². The number of hydrogen-bond donors (Lipinski definition) is 3. The Kier molecular flexibility index (Phi) is 15.9. The largest absolute Gasteiger partial charge is 0.387 e. The van der Waals surface area contributed by atoms with E-state index in [0.29, 0.717) is 0 Å². The summed E-state index contributed by atoms with van der Waals surface area (Å²) in [6.45, 7) is 3.23. The second-order valence-electron chi connectivity index (χ2n) is 7.01. The maximum Gasteiger partial charge on any atom is 0.325 e. The molecule has 0 heterocycles. The van der Waals surface area contributed by atoms with E-state index in [0.717, 1.165) is 19.5 Å². The van der Waals surface area contributed by atoms with E-state index in [-0.39, 0.29) is 6.61 Å². The third-order valence-electron chi connectivity index (χ3n) is 4.25. The van der Waals surface area contributed by atoms with Gasteiger partial charge in [-0.1, -0.05) is 83.3 Å². The average molecular weight is 378 g/mol. The summed E-state index contributed by atoms with van der Waals surface area (Å²) in [5.41, 5.74) is 5.71. The monoisotopic (exact) mass is 377 g/mol. The molecule has 3 atom stereocenters. The molecule has 0 amide bonds. The van der Waals surface area contributed by atoms with Crippen LogP contribution in [0.5, 0.6) is 0 Å². The number of aliphatic hydroxyl groups excluding tert-OH is 1. The van der Waals surface area contributed by atoms with Crippen LogP contribution in [0.2, 0.25) is 0 Å². The molecule has 150 valence electrons. The van der Waals surface area contributed by atoms with Crippen molar-refractivity contribution in [1.29, 1.82) is 0 Å². The number of rotatable bonds is 17. The van der Waals surface area contributed by atoms with Crippen molar-refractivity contribution < 1.29 is 19.1 Å². The van der Waals surface area contributed by atoms with Crippen LogP contribution in [-0.4, -0.2) is 35.4 Å². The Bertz CT molecular complexity index is 370. The minimum atomic E-state index is -3.53. The fourth-order valence-electron chi connectivity index (χ4n) is 2.63. The van der Waals surface area contributed by atoms with E-state index in [1.54, 1.807) is 6.08 Å². The molecular formula is C19H40NO4P. The van der Waals surface area contributed by atoms with Gasteiger partial charge in [0.25, 0.3) is 0 Å². The van der Waals surface area contributed by atoms with Crippen LogP contribution >= 0.6 is 7.60 Å². The zero-order chi connectivity index (χ0) is 19.0. The van der Waals surface area contributed by atoms with Crippen molar-refractivity contribution in [1.82, 2.24) is 0 Å². The van der Waals surface area contributed by atoms with Crippen LogP contribution in [-0.2, 0) is 9.09 Å². The number of allylic oxidation sites excluding steroid dienone is 1. The van der Waals surface area contributed by atoms with Crippen molar-refractivity contribution in [2.45, 2.75) is 96.1 Å². The fourth-order valence-corrected chi connectivity index (χ4v) is 3.08. The van der Waals surface area contributed by atoms with Crippen molar-refractivity contribution in [2.75, 3.05) is 13.3 Å². The molecule has 0 aliphatic rings. The zero-order valence-corrected chi connectivity index (χ0v) is 17.1. The molecule has 0 saturated heterocycles. The molecule has 1 unspecified atom stereocenters. The molecule has 0 aromatic carbocycles. The van der Waals surface area contributed by atoms with Crippen molar-refractivity contribution >= 4 is 7.60 Å². The second-order valence-corrected chi connectivity index (χ2v) is 8.87. The molecule has 0 rings (SSSR count). The van der Waals surface area contributed by atoms with Crippen LogP contribution in [0.25, 0.3) is 0 Å². The molecule has 25 heavy (non-hydrogen) atoms. The third-order valence-corrected chi connectivity index (χ3v) is 4.88. The van der Waals surface area contributed by atoms with Gasteiger partial charge in [-0.2, -0.15) is 0 Å². The van der Waals surface area contributed by atoms with Gasteiger partial charge in [0.2, 0.25) is 0 Å². The highest BCUT2D eigenvalue weighted by atomic mass is 31.2. The fraction of sp³-hybridized carbons (Fsp3) is 0.895. The van der Waals surface area contributed by atoms with Gasteiger partial charge in [-0.3, -0.25) is 4.57 Å². The summed E-state index contributed by atoms with van der Waals surface area (Å²) in [4.78, 5) is 9.03. The van der Waals surface area contributed by atoms with E-state index in [4.69, 9.17) is 15.2 Å². The van der Waals surface area contributed by atoms with Crippen LogP contribution in [0.15, 0.2) is 12.2 Å². The normalized spacial score (nSPS) is 16.8. The SMILES string of the molecule is CCCCCCCCCCCCC/C=C/[C@H](O)[C@H](N)COP(C)(=O)O. The van der Waals surface area contributed by atoms with E-state index in [2.05, 4.69) is 6.92 Å². The summed E-state index contributed by atoms with van der Waals surface area (Å²) in [6, 6.07) is -0.686. The summed E-state index contributed by atoms with van der Waals surface area (Å²) in [5.74, 6) is 0. The van der Waals surface area contributed by atoms with Gasteiger partial charge in [0.15, 0.2) is 0 Å². The molecule has 0 aromatic heterocycles. The van der Waals surface area contributed by atoms with Crippen molar-refractivity contribution in [3.8, 4) is 0 Å². The topological polar surface area (TPSA) is 92.8 Å². The van der Waals surface area contributed by atoms with Gasteiger partial charge in [-0.05, 0) is 12.8 Å². The average Bonchev–Trinajstić information content (AvgIpc) is 2.56. The quantitative estimate of drug-likeness (QED) is 0.193. The summed E-state index contributed by atoms with van der Waals surface area (Å²) in [7, 11) is -3.53. The first-order valence-electron chi connectivity index (χ1n) is 9.92. The van der Waals surface area contributed by atoms with Crippen molar-refractivity contribution in [3.05, 3.63) is 12.2 Å². The molecule has 0 aromatic rings. The Morgan fingerprint density at radius 2 is 1.48 bits per heavy atom. The molecule has 0 bridgehead atoms. The molecule has 0 radical (unpaired) electrons. The summed E-state index contributed by atoms with van der Waals surface area (Å²) in [5, 5.41) is 9.83.